The number of aryl methyl sites for hydroxylation is 1. The lowest BCUT2D eigenvalue weighted by Gasteiger charge is -2.01. The van der Waals surface area contributed by atoms with Gasteiger partial charge in [0.05, 0.1) is 0 Å². The second-order valence-electron chi connectivity index (χ2n) is 2.96. The van der Waals surface area contributed by atoms with Gasteiger partial charge in [0.25, 0.3) is 0 Å². The normalized spacial score (nSPS) is 8.93. The fourth-order valence-corrected chi connectivity index (χ4v) is 1.22. The third-order valence-corrected chi connectivity index (χ3v) is 2.10. The molecule has 0 N–H and O–H groups in total. The van der Waals surface area contributed by atoms with Gasteiger partial charge in [0.15, 0.2) is 0 Å². The van der Waals surface area contributed by atoms with Crippen LogP contribution >= 0.6 is 11.6 Å². The Labute approximate surface area is 91.1 Å². The minimum atomic E-state index is 0.178. The van der Waals surface area contributed by atoms with E-state index in [9.17, 15) is 4.79 Å². The van der Waals surface area contributed by atoms with E-state index in [1.807, 2.05) is 39.0 Å². The minimum absolute atomic E-state index is 0.178. The molecule has 0 aliphatic rings. The maximum atomic E-state index is 10.8. The maximum absolute atomic E-state index is 10.8. The number of carbonyl (C=O) groups is 1. The molecule has 0 radical (unpaired) electrons. The Bertz CT molecular complexity index is 305. The second kappa shape index (κ2) is 6.61. The highest BCUT2D eigenvalue weighted by molar-refractivity contribution is 6.31. The van der Waals surface area contributed by atoms with Gasteiger partial charge in [-0.15, -0.1) is 0 Å². The molecule has 0 spiro atoms. The SMILES string of the molecule is CC.CC(=O)Cc1ccc(Cl)c(C)c1. The smallest absolute Gasteiger partial charge is 0.134 e. The lowest BCUT2D eigenvalue weighted by Crippen LogP contribution is -1.96. The molecule has 0 atom stereocenters. The fraction of sp³-hybridized carbons (Fsp3) is 0.417. The Morgan fingerprint density at radius 1 is 1.36 bits per heavy atom. The standard InChI is InChI=1S/C10H11ClO.C2H6/c1-7-5-9(6-8(2)12)3-4-10(7)11;1-2/h3-5H,6H2,1-2H3;1-2H3. The van der Waals surface area contributed by atoms with Crippen molar-refractivity contribution in [3.8, 4) is 0 Å². The first-order valence-corrected chi connectivity index (χ1v) is 5.22. The Kier molecular flexibility index (Phi) is 6.22. The van der Waals surface area contributed by atoms with Crippen LogP contribution in [0.1, 0.15) is 31.9 Å². The third kappa shape index (κ3) is 4.43. The van der Waals surface area contributed by atoms with E-state index in [-0.39, 0.29) is 5.78 Å². The molecule has 1 aromatic carbocycles. The highest BCUT2D eigenvalue weighted by atomic mass is 35.5. The number of rotatable bonds is 2. The van der Waals surface area contributed by atoms with Gasteiger partial charge in [-0.3, -0.25) is 4.79 Å². The van der Waals surface area contributed by atoms with Gasteiger partial charge in [-0.1, -0.05) is 37.6 Å². The molecule has 0 amide bonds. The van der Waals surface area contributed by atoms with Gasteiger partial charge in [-0.05, 0) is 31.0 Å². The zero-order chi connectivity index (χ0) is 11.1. The first-order chi connectivity index (χ1) is 6.59. The topological polar surface area (TPSA) is 17.1 Å². The predicted molar refractivity (Wildman–Crippen MR) is 61.9 cm³/mol. The molecule has 0 aliphatic heterocycles. The van der Waals surface area contributed by atoms with Crippen molar-refractivity contribution >= 4 is 17.4 Å². The molecule has 14 heavy (non-hydrogen) atoms. The van der Waals surface area contributed by atoms with Crippen LogP contribution in [0.2, 0.25) is 5.02 Å². The van der Waals surface area contributed by atoms with Gasteiger partial charge in [0, 0.05) is 11.4 Å². The molecule has 1 rings (SSSR count). The van der Waals surface area contributed by atoms with E-state index in [0.29, 0.717) is 6.42 Å². The van der Waals surface area contributed by atoms with Crippen molar-refractivity contribution in [2.75, 3.05) is 0 Å². The second-order valence-corrected chi connectivity index (χ2v) is 3.37. The first kappa shape index (κ1) is 13.2. The van der Waals surface area contributed by atoms with Gasteiger partial charge >= 0.3 is 0 Å². The van der Waals surface area contributed by atoms with Crippen molar-refractivity contribution < 1.29 is 4.79 Å². The zero-order valence-corrected chi connectivity index (χ0v) is 9.98. The number of benzene rings is 1. The largest absolute Gasteiger partial charge is 0.300 e. The van der Waals surface area contributed by atoms with E-state index in [1.54, 1.807) is 6.92 Å². The molecule has 0 heterocycles. The summed E-state index contributed by atoms with van der Waals surface area (Å²) in [6, 6.07) is 5.66. The van der Waals surface area contributed by atoms with Gasteiger partial charge in [-0.2, -0.15) is 0 Å². The monoisotopic (exact) mass is 212 g/mol. The summed E-state index contributed by atoms with van der Waals surface area (Å²) in [6.07, 6.45) is 0.498. The maximum Gasteiger partial charge on any atom is 0.134 e. The Morgan fingerprint density at radius 3 is 2.36 bits per heavy atom. The van der Waals surface area contributed by atoms with E-state index in [2.05, 4.69) is 0 Å². The summed E-state index contributed by atoms with van der Waals surface area (Å²) in [4.78, 5) is 10.8. The van der Waals surface area contributed by atoms with E-state index < -0.39 is 0 Å². The summed E-state index contributed by atoms with van der Waals surface area (Å²) >= 11 is 5.83. The van der Waals surface area contributed by atoms with E-state index in [0.717, 1.165) is 16.1 Å². The quantitative estimate of drug-likeness (QED) is 0.729. The number of Topliss-reactive ketones (excluding diaryl/α,β-unsaturated/α-hetero) is 1. The average Bonchev–Trinajstić information content (AvgIpc) is 2.14. The number of hydrogen-bond acceptors (Lipinski definition) is 1. The number of carbonyl (C=O) groups excluding carboxylic acids is 1. The van der Waals surface area contributed by atoms with E-state index in [4.69, 9.17) is 11.6 Å². The van der Waals surface area contributed by atoms with Crippen molar-refractivity contribution in [2.45, 2.75) is 34.1 Å². The van der Waals surface area contributed by atoms with E-state index >= 15 is 0 Å². The van der Waals surface area contributed by atoms with Gasteiger partial charge in [0.1, 0.15) is 5.78 Å². The minimum Gasteiger partial charge on any atom is -0.300 e. The molecule has 2 heteroatoms. The predicted octanol–water partition coefficient (Wildman–Crippen LogP) is 3.81. The van der Waals surface area contributed by atoms with Crippen LogP contribution in [0.5, 0.6) is 0 Å². The van der Waals surface area contributed by atoms with Crippen molar-refractivity contribution in [3.05, 3.63) is 34.3 Å². The van der Waals surface area contributed by atoms with Crippen LogP contribution < -0.4 is 0 Å². The fourth-order valence-electron chi connectivity index (χ4n) is 1.10. The first-order valence-electron chi connectivity index (χ1n) is 4.84. The summed E-state index contributed by atoms with van der Waals surface area (Å²) < 4.78 is 0. The summed E-state index contributed by atoms with van der Waals surface area (Å²) in [6.45, 7) is 7.52. The van der Waals surface area contributed by atoms with Crippen LogP contribution in [0, 0.1) is 6.92 Å². The molecule has 0 fully saturated rings. The summed E-state index contributed by atoms with van der Waals surface area (Å²) in [5.74, 6) is 0.178. The van der Waals surface area contributed by atoms with Crippen molar-refractivity contribution in [3.63, 3.8) is 0 Å². The Balaban J connectivity index is 0.000000791. The van der Waals surface area contributed by atoms with Crippen LogP contribution in [0.3, 0.4) is 0 Å². The number of ketones is 1. The van der Waals surface area contributed by atoms with E-state index in [1.165, 1.54) is 0 Å². The number of hydrogen-bond donors (Lipinski definition) is 0. The van der Waals surface area contributed by atoms with Gasteiger partial charge in [-0.25, -0.2) is 0 Å². The lowest BCUT2D eigenvalue weighted by molar-refractivity contribution is -0.116. The van der Waals surface area contributed by atoms with Crippen LogP contribution in [0.25, 0.3) is 0 Å². The van der Waals surface area contributed by atoms with Crippen molar-refractivity contribution in [2.24, 2.45) is 0 Å². The van der Waals surface area contributed by atoms with Gasteiger partial charge in [0.2, 0.25) is 0 Å². The molecule has 0 saturated heterocycles. The number of halogens is 1. The molecule has 0 bridgehead atoms. The van der Waals surface area contributed by atoms with Crippen LogP contribution in [0.15, 0.2) is 18.2 Å². The molecular formula is C12H17ClO. The molecule has 0 aromatic heterocycles. The summed E-state index contributed by atoms with van der Waals surface area (Å²) in [7, 11) is 0. The summed E-state index contributed by atoms with van der Waals surface area (Å²) in [5, 5.41) is 0.752. The molecular weight excluding hydrogens is 196 g/mol. The van der Waals surface area contributed by atoms with Crippen LogP contribution in [-0.4, -0.2) is 5.78 Å². The molecule has 1 nitrogen and oxygen atoms in total. The zero-order valence-electron chi connectivity index (χ0n) is 9.23. The van der Waals surface area contributed by atoms with Crippen molar-refractivity contribution in [1.82, 2.24) is 0 Å². The summed E-state index contributed by atoms with van der Waals surface area (Å²) in [5.41, 5.74) is 2.06. The van der Waals surface area contributed by atoms with Crippen molar-refractivity contribution in [1.29, 1.82) is 0 Å². The highest BCUT2D eigenvalue weighted by Crippen LogP contribution is 2.16. The Hall–Kier alpha value is -0.820. The van der Waals surface area contributed by atoms with Crippen LogP contribution in [-0.2, 0) is 11.2 Å². The highest BCUT2D eigenvalue weighted by Gasteiger charge is 1.99. The Morgan fingerprint density at radius 2 is 1.93 bits per heavy atom. The molecule has 1 aromatic rings. The third-order valence-electron chi connectivity index (χ3n) is 1.68. The average molecular weight is 213 g/mol. The lowest BCUT2D eigenvalue weighted by atomic mass is 10.1. The molecule has 0 saturated carbocycles. The molecule has 78 valence electrons. The molecule has 0 aliphatic carbocycles. The van der Waals surface area contributed by atoms with Gasteiger partial charge < -0.3 is 0 Å². The molecule has 0 unspecified atom stereocenters. The van der Waals surface area contributed by atoms with Crippen LogP contribution in [0.4, 0.5) is 0 Å².